The third kappa shape index (κ3) is 45.2. The fourth-order valence-electron chi connectivity index (χ4n) is 10.9. The predicted molar refractivity (Wildman–Crippen MR) is 336 cm³/mol. The van der Waals surface area contributed by atoms with Crippen LogP contribution in [0.15, 0.2) is 85.0 Å². The van der Waals surface area contributed by atoms with Crippen molar-refractivity contribution in [2.75, 3.05) is 26.3 Å². The van der Waals surface area contributed by atoms with Crippen molar-refractivity contribution in [3.05, 3.63) is 85.0 Å². The zero-order chi connectivity index (χ0) is 60.1. The van der Waals surface area contributed by atoms with Crippen LogP contribution in [0.1, 0.15) is 254 Å². The first kappa shape index (κ1) is 76.0. The molecule has 0 aromatic heterocycles. The number of alkyl carbamates (subject to hydrolysis) is 1. The lowest BCUT2D eigenvalue weighted by molar-refractivity contribution is -0.142. The summed E-state index contributed by atoms with van der Waals surface area (Å²) in [5.41, 5.74) is 0.464. The molecule has 0 saturated heterocycles. The molecule has 1 aliphatic rings. The van der Waals surface area contributed by atoms with Gasteiger partial charge in [0.1, 0.15) is 24.7 Å². The van der Waals surface area contributed by atoms with Crippen LogP contribution >= 0.6 is 0 Å². The maximum atomic E-state index is 12.6. The Kier molecular flexibility index (Phi) is 49.8. The average molecular weight is 1140 g/mol. The Morgan fingerprint density at radius 1 is 0.543 bits per heavy atom. The van der Waals surface area contributed by atoms with E-state index in [9.17, 15) is 19.2 Å². The molecule has 5 N–H and O–H groups in total. The van der Waals surface area contributed by atoms with Gasteiger partial charge in [0.25, 0.3) is 0 Å². The zero-order valence-electron chi connectivity index (χ0n) is 52.3. The van der Waals surface area contributed by atoms with Gasteiger partial charge < -0.3 is 40.2 Å². The van der Waals surface area contributed by atoms with E-state index in [1.54, 1.807) is 31.2 Å². The number of unbranched alkanes of at least 4 members (excludes halogenated alkanes) is 18. The largest absolute Gasteiger partial charge is 0.508 e. The first-order chi connectivity index (χ1) is 39.1. The Hall–Kier alpha value is -5.00. The van der Waals surface area contributed by atoms with E-state index in [1.807, 2.05) is 36.4 Å². The minimum absolute atomic E-state index is 0.0704. The van der Waals surface area contributed by atoms with E-state index < -0.39 is 30.2 Å². The van der Waals surface area contributed by atoms with E-state index in [2.05, 4.69) is 58.4 Å². The number of aromatic hydroxyl groups is 1. The summed E-state index contributed by atoms with van der Waals surface area (Å²) in [5, 5.41) is 30.6. The number of hydrogen-bond acceptors (Lipinski definition) is 8. The quantitative estimate of drug-likeness (QED) is 0.0244. The Labute approximate surface area is 493 Å². The van der Waals surface area contributed by atoms with Crippen LogP contribution in [0.2, 0.25) is 0 Å². The standard InChI is InChI=1S/C51H88N2O7.C8H18.C6H6O.C4H6O2/c1-5-7-9-16-26-34-47-43(30-22-8-6-2)36-37-44(31-23-17-12-10-14-19-28-38-52-50(55)56)48(47)35-27-18-13-11-15-20-29-39-53-51(57)60-46(41-59-49(54)42(3)4)40-58-45-32-24-21-25-33-45;1-4-6-8(3)7-5-2;7-6-4-2-1-3-5-6;1-3(2)4(5)6/h21,24-25,32-33,43-44,46-48,52H,3,5-20,22-23,26-31,34-41H2,1-2,4H3,(H,53,57)(H,55,56);8H,4-7H2,1-3H3;1-5,7H;1H2,2H3,(H,5,6). The molecular formula is C69H118N2O10. The summed E-state index contributed by atoms with van der Waals surface area (Å²) in [6, 6.07) is 18.0. The monoisotopic (exact) mass is 1130 g/mol. The Morgan fingerprint density at radius 3 is 1.37 bits per heavy atom. The average Bonchev–Trinajstić information content (AvgIpc) is 3.48. The molecular weight excluding hydrogens is 1020 g/mol. The van der Waals surface area contributed by atoms with Gasteiger partial charge in [0.05, 0.1) is 0 Å². The van der Waals surface area contributed by atoms with Gasteiger partial charge in [-0.1, -0.05) is 251 Å². The highest BCUT2D eigenvalue weighted by atomic mass is 16.6. The molecule has 0 spiro atoms. The van der Waals surface area contributed by atoms with Crippen molar-refractivity contribution in [1.29, 1.82) is 0 Å². The molecule has 3 rings (SSSR count). The molecule has 5 atom stereocenters. The van der Waals surface area contributed by atoms with Gasteiger partial charge in [-0.15, -0.1) is 0 Å². The summed E-state index contributed by atoms with van der Waals surface area (Å²) in [5.74, 6) is 4.11. The summed E-state index contributed by atoms with van der Waals surface area (Å²) in [6.07, 6.45) is 39.8. The van der Waals surface area contributed by atoms with Crippen molar-refractivity contribution in [1.82, 2.24) is 10.6 Å². The summed E-state index contributed by atoms with van der Waals surface area (Å²) in [4.78, 5) is 44.8. The summed E-state index contributed by atoms with van der Waals surface area (Å²) >= 11 is 0. The maximum Gasteiger partial charge on any atom is 0.407 e. The molecule has 1 aliphatic carbocycles. The van der Waals surface area contributed by atoms with Crippen molar-refractivity contribution in [3.8, 4) is 11.5 Å². The Balaban J connectivity index is 0.00000253. The number of phenolic OH excluding ortho intramolecular Hbond substituents is 1. The molecule has 2 aromatic rings. The molecule has 464 valence electrons. The highest BCUT2D eigenvalue weighted by Crippen LogP contribution is 2.48. The predicted octanol–water partition coefficient (Wildman–Crippen LogP) is 19.3. The number of carboxylic acid groups (broad SMARTS) is 2. The first-order valence-corrected chi connectivity index (χ1v) is 32.1. The number of phenols is 1. The van der Waals surface area contributed by atoms with Crippen LogP contribution in [-0.4, -0.2) is 71.9 Å². The fourth-order valence-corrected chi connectivity index (χ4v) is 10.9. The van der Waals surface area contributed by atoms with Crippen molar-refractivity contribution >= 4 is 24.1 Å². The number of amides is 2. The summed E-state index contributed by atoms with van der Waals surface area (Å²) < 4.78 is 16.6. The van der Waals surface area contributed by atoms with Gasteiger partial charge in [-0.25, -0.2) is 19.2 Å². The third-order valence-corrected chi connectivity index (χ3v) is 15.4. The molecule has 2 aromatic carbocycles. The summed E-state index contributed by atoms with van der Waals surface area (Å²) in [7, 11) is 0. The minimum atomic E-state index is -0.935. The van der Waals surface area contributed by atoms with Crippen molar-refractivity contribution < 1.29 is 48.7 Å². The molecule has 12 heteroatoms. The fraction of sp³-hybridized carbons (Fsp3) is 0.710. The number of carboxylic acids is 1. The smallest absolute Gasteiger partial charge is 0.407 e. The second kappa shape index (κ2) is 53.0. The lowest BCUT2D eigenvalue weighted by Gasteiger charge is -2.44. The van der Waals surface area contributed by atoms with E-state index in [-0.39, 0.29) is 24.4 Å². The highest BCUT2D eigenvalue weighted by molar-refractivity contribution is 5.87. The molecule has 1 fully saturated rings. The molecule has 0 radical (unpaired) electrons. The number of benzene rings is 2. The number of hydrogen-bond donors (Lipinski definition) is 5. The number of rotatable bonds is 42. The van der Waals surface area contributed by atoms with Crippen molar-refractivity contribution in [2.45, 2.75) is 260 Å². The van der Waals surface area contributed by atoms with E-state index in [1.165, 1.54) is 187 Å². The number of ether oxygens (including phenoxy) is 3. The molecule has 5 unspecified atom stereocenters. The first-order valence-electron chi connectivity index (χ1n) is 32.1. The number of aliphatic carboxylic acids is 1. The number of esters is 1. The van der Waals surface area contributed by atoms with Crippen LogP contribution in [0, 0.1) is 29.6 Å². The van der Waals surface area contributed by atoms with Gasteiger partial charge in [-0.2, -0.15) is 0 Å². The molecule has 0 aliphatic heterocycles. The van der Waals surface area contributed by atoms with Crippen molar-refractivity contribution in [2.24, 2.45) is 29.6 Å². The van der Waals surface area contributed by atoms with Crippen LogP contribution in [0.25, 0.3) is 0 Å². The highest BCUT2D eigenvalue weighted by Gasteiger charge is 2.37. The minimum Gasteiger partial charge on any atom is -0.508 e. The second-order valence-corrected chi connectivity index (χ2v) is 22.9. The maximum absolute atomic E-state index is 12.6. The molecule has 0 bridgehead atoms. The number of carbonyl (C=O) groups excluding carboxylic acids is 2. The Morgan fingerprint density at radius 2 is 0.951 bits per heavy atom. The van der Waals surface area contributed by atoms with Gasteiger partial charge >= 0.3 is 24.1 Å². The number of carbonyl (C=O) groups is 4. The van der Waals surface area contributed by atoms with Crippen LogP contribution in [0.5, 0.6) is 11.5 Å². The SMILES string of the molecule is C=C(C)C(=O)O.C=C(C)C(=O)OCC(COc1ccccc1)OC(=O)NCCCCCCCCCC1C(CCCCCCCCCNC(=O)O)CCC(CCCCC)C1CCCCCCC.CCCC(C)CCC.Oc1ccccc1. The third-order valence-electron chi connectivity index (χ3n) is 15.4. The second-order valence-electron chi connectivity index (χ2n) is 22.9. The zero-order valence-corrected chi connectivity index (χ0v) is 52.3. The number of para-hydroxylation sites is 2. The van der Waals surface area contributed by atoms with Crippen molar-refractivity contribution in [3.63, 3.8) is 0 Å². The molecule has 0 heterocycles. The van der Waals surface area contributed by atoms with Crippen LogP contribution < -0.4 is 15.4 Å². The molecule has 2 amide bonds. The van der Waals surface area contributed by atoms with E-state index >= 15 is 0 Å². The summed E-state index contributed by atoms with van der Waals surface area (Å²) in [6.45, 7) is 22.4. The topological polar surface area (TPSA) is 181 Å². The van der Waals surface area contributed by atoms with E-state index in [0.29, 0.717) is 24.6 Å². The van der Waals surface area contributed by atoms with Crippen LogP contribution in [0.4, 0.5) is 9.59 Å². The molecule has 1 saturated carbocycles. The van der Waals surface area contributed by atoms with E-state index in [4.69, 9.17) is 29.5 Å². The van der Waals surface area contributed by atoms with Gasteiger partial charge in [0.2, 0.25) is 0 Å². The lowest BCUT2D eigenvalue weighted by Crippen LogP contribution is -2.36. The van der Waals surface area contributed by atoms with Crippen LogP contribution in [-0.2, 0) is 19.1 Å². The van der Waals surface area contributed by atoms with E-state index in [0.717, 1.165) is 55.3 Å². The van der Waals surface area contributed by atoms with Gasteiger partial charge in [0.15, 0.2) is 6.10 Å². The van der Waals surface area contributed by atoms with Gasteiger partial charge in [-0.3, -0.25) is 0 Å². The van der Waals surface area contributed by atoms with Gasteiger partial charge in [0, 0.05) is 24.2 Å². The Bertz CT molecular complexity index is 1830. The van der Waals surface area contributed by atoms with Crippen LogP contribution in [0.3, 0.4) is 0 Å². The van der Waals surface area contributed by atoms with Gasteiger partial charge in [-0.05, 0) is 106 Å². The number of nitrogens with one attached hydrogen (secondary N) is 2. The normalized spacial score (nSPS) is 15.7. The molecule has 12 nitrogen and oxygen atoms in total. The molecule has 81 heavy (non-hydrogen) atoms. The lowest BCUT2D eigenvalue weighted by atomic mass is 9.61.